The molecule has 0 aromatic rings. The fraction of sp³-hybridized carbons (Fsp3) is 0.833. The van der Waals surface area contributed by atoms with Gasteiger partial charge < -0.3 is 8.54 Å². The largest absolute Gasteiger partial charge is 0.496 e. The van der Waals surface area contributed by atoms with E-state index in [2.05, 4.69) is 0 Å². The lowest BCUT2D eigenvalue weighted by Gasteiger charge is -2.22. The number of carbonyl (C=O) groups excluding carboxylic acids is 1. The molecule has 78 valence electrons. The average Bonchev–Trinajstić information content (AvgIpc) is 1.81. The molecule has 0 spiro atoms. The van der Waals surface area contributed by atoms with Gasteiger partial charge in [0.25, 0.3) is 0 Å². The molecule has 3 nitrogen and oxygen atoms in total. The average molecular weight is 261 g/mol. The van der Waals surface area contributed by atoms with E-state index in [-0.39, 0.29) is 0 Å². The van der Waals surface area contributed by atoms with Crippen LogP contribution in [0.5, 0.6) is 0 Å². The predicted octanol–water partition coefficient (Wildman–Crippen LogP) is 2.04. The lowest BCUT2D eigenvalue weighted by atomic mass is 10.8. The van der Waals surface area contributed by atoms with Gasteiger partial charge in [0.1, 0.15) is 0 Å². The summed E-state index contributed by atoms with van der Waals surface area (Å²) >= 11 is 10.6. The topological polar surface area (TPSA) is 35.5 Å². The summed E-state index contributed by atoms with van der Waals surface area (Å²) in [6.07, 6.45) is 0. The fourth-order valence-electron chi connectivity index (χ4n) is 0.737. The standard InChI is InChI=1S/C6H14Cl2O3Si2/c1-12(11-13(2,3)4)10-6(9)5(7)8/h5,12H,1-4H3. The second-order valence-electron chi connectivity index (χ2n) is 3.54. The van der Waals surface area contributed by atoms with Crippen molar-refractivity contribution in [1.29, 1.82) is 0 Å². The highest BCUT2D eigenvalue weighted by atomic mass is 35.5. The van der Waals surface area contributed by atoms with Crippen molar-refractivity contribution in [1.82, 2.24) is 0 Å². The molecule has 0 aliphatic rings. The molecule has 0 aromatic heterocycles. The van der Waals surface area contributed by atoms with Gasteiger partial charge in [-0.1, -0.05) is 23.2 Å². The van der Waals surface area contributed by atoms with Crippen LogP contribution in [0.1, 0.15) is 0 Å². The molecule has 0 saturated heterocycles. The van der Waals surface area contributed by atoms with Crippen LogP contribution in [0.4, 0.5) is 0 Å². The summed E-state index contributed by atoms with van der Waals surface area (Å²) in [5.41, 5.74) is 0. The smallest absolute Gasteiger partial charge is 0.372 e. The lowest BCUT2D eigenvalue weighted by Crippen LogP contribution is -2.37. The molecule has 0 aliphatic heterocycles. The minimum Gasteiger partial charge on any atom is -0.496 e. The Kier molecular flexibility index (Phi) is 5.54. The molecule has 0 bridgehead atoms. The molecular weight excluding hydrogens is 247 g/mol. The van der Waals surface area contributed by atoms with E-state index in [0.29, 0.717) is 0 Å². The van der Waals surface area contributed by atoms with E-state index in [1.54, 1.807) is 6.55 Å². The van der Waals surface area contributed by atoms with Crippen LogP contribution in [0.2, 0.25) is 26.2 Å². The van der Waals surface area contributed by atoms with Crippen molar-refractivity contribution >= 4 is 46.8 Å². The van der Waals surface area contributed by atoms with E-state index in [9.17, 15) is 4.79 Å². The zero-order valence-corrected chi connectivity index (χ0v) is 11.8. The molecule has 0 aliphatic carbocycles. The first-order valence-electron chi connectivity index (χ1n) is 3.89. The SMILES string of the molecule is C[SiH](OC(=O)C(Cl)Cl)O[Si](C)(C)C. The van der Waals surface area contributed by atoms with Crippen molar-refractivity contribution in [3.8, 4) is 0 Å². The predicted molar refractivity (Wildman–Crippen MR) is 59.0 cm³/mol. The van der Waals surface area contributed by atoms with Crippen LogP contribution in [0.15, 0.2) is 0 Å². The van der Waals surface area contributed by atoms with Crippen LogP contribution in [-0.4, -0.2) is 28.4 Å². The molecule has 1 unspecified atom stereocenters. The number of halogens is 2. The Hall–Kier alpha value is 0.444. The Morgan fingerprint density at radius 3 is 2.15 bits per heavy atom. The second kappa shape index (κ2) is 5.36. The van der Waals surface area contributed by atoms with E-state index in [4.69, 9.17) is 31.7 Å². The van der Waals surface area contributed by atoms with Gasteiger partial charge in [0.05, 0.1) is 0 Å². The molecule has 0 heterocycles. The van der Waals surface area contributed by atoms with Gasteiger partial charge in [-0.3, -0.25) is 4.79 Å². The Labute approximate surface area is 91.3 Å². The fourth-order valence-corrected chi connectivity index (χ4v) is 5.65. The first-order valence-corrected chi connectivity index (χ1v) is 10.3. The van der Waals surface area contributed by atoms with Gasteiger partial charge in [0.2, 0.25) is 4.84 Å². The molecule has 0 aromatic carbocycles. The molecule has 0 fully saturated rings. The summed E-state index contributed by atoms with van der Waals surface area (Å²) in [4.78, 5) is 9.81. The van der Waals surface area contributed by atoms with Gasteiger partial charge in [0.15, 0.2) is 8.32 Å². The normalized spacial score (nSPS) is 14.4. The number of hydrogen-bond donors (Lipinski definition) is 0. The van der Waals surface area contributed by atoms with Gasteiger partial charge >= 0.3 is 15.3 Å². The molecule has 0 rings (SSSR count). The first kappa shape index (κ1) is 13.4. The van der Waals surface area contributed by atoms with Crippen molar-refractivity contribution in [2.45, 2.75) is 31.0 Å². The Morgan fingerprint density at radius 2 is 1.85 bits per heavy atom. The minimum absolute atomic E-state index is 0.610. The van der Waals surface area contributed by atoms with Crippen molar-refractivity contribution in [2.75, 3.05) is 0 Å². The first-order chi connectivity index (χ1) is 5.72. The van der Waals surface area contributed by atoms with Crippen LogP contribution in [0.25, 0.3) is 0 Å². The van der Waals surface area contributed by atoms with Gasteiger partial charge in [-0.2, -0.15) is 0 Å². The van der Waals surface area contributed by atoms with Crippen LogP contribution < -0.4 is 0 Å². The van der Waals surface area contributed by atoms with Crippen molar-refractivity contribution in [3.05, 3.63) is 0 Å². The molecular formula is C6H14Cl2O3Si2. The molecule has 1 atom stereocenters. The van der Waals surface area contributed by atoms with Gasteiger partial charge in [0, 0.05) is 0 Å². The summed E-state index contributed by atoms with van der Waals surface area (Å²) in [5, 5.41) is 0. The van der Waals surface area contributed by atoms with Crippen molar-refractivity contribution in [2.24, 2.45) is 0 Å². The summed E-state index contributed by atoms with van der Waals surface area (Å²) < 4.78 is 10.5. The monoisotopic (exact) mass is 260 g/mol. The lowest BCUT2D eigenvalue weighted by molar-refractivity contribution is -0.133. The molecule has 13 heavy (non-hydrogen) atoms. The maximum atomic E-state index is 10.9. The minimum atomic E-state index is -1.90. The van der Waals surface area contributed by atoms with Crippen LogP contribution >= 0.6 is 23.2 Å². The Balaban J connectivity index is 3.88. The molecule has 0 N–H and O–H groups in total. The van der Waals surface area contributed by atoms with Gasteiger partial charge in [-0.25, -0.2) is 0 Å². The third-order valence-electron chi connectivity index (χ3n) is 0.980. The van der Waals surface area contributed by atoms with Crippen LogP contribution in [-0.2, 0) is 13.3 Å². The number of hydrogen-bond acceptors (Lipinski definition) is 3. The van der Waals surface area contributed by atoms with Gasteiger partial charge in [-0.15, -0.1) is 0 Å². The summed E-state index contributed by atoms with van der Waals surface area (Å²) in [6, 6.07) is 0. The summed E-state index contributed by atoms with van der Waals surface area (Å²) in [7, 11) is -3.52. The second-order valence-corrected chi connectivity index (χ2v) is 11.2. The van der Waals surface area contributed by atoms with E-state index in [0.717, 1.165) is 0 Å². The molecule has 7 heteroatoms. The van der Waals surface area contributed by atoms with Crippen molar-refractivity contribution in [3.63, 3.8) is 0 Å². The Bertz CT molecular complexity index is 181. The highest BCUT2D eigenvalue weighted by molar-refractivity contribution is 6.76. The molecule has 0 amide bonds. The van der Waals surface area contributed by atoms with E-state index >= 15 is 0 Å². The molecule has 0 radical (unpaired) electrons. The third kappa shape index (κ3) is 7.51. The number of rotatable bonds is 4. The summed E-state index contributed by atoms with van der Waals surface area (Å²) in [5.74, 6) is -0.610. The highest BCUT2D eigenvalue weighted by Gasteiger charge is 2.24. The third-order valence-corrected chi connectivity index (χ3v) is 6.06. The molecule has 0 saturated carbocycles. The highest BCUT2D eigenvalue weighted by Crippen LogP contribution is 2.09. The van der Waals surface area contributed by atoms with Crippen LogP contribution in [0.3, 0.4) is 0 Å². The van der Waals surface area contributed by atoms with Crippen LogP contribution in [0, 0.1) is 0 Å². The number of alkyl halides is 2. The number of carbonyl (C=O) groups is 1. The van der Waals surface area contributed by atoms with Gasteiger partial charge in [-0.05, 0) is 26.2 Å². The summed E-state index contributed by atoms with van der Waals surface area (Å²) in [6.45, 7) is 7.88. The van der Waals surface area contributed by atoms with E-state index in [1.165, 1.54) is 0 Å². The maximum Gasteiger partial charge on any atom is 0.372 e. The zero-order chi connectivity index (χ0) is 10.6. The van der Waals surface area contributed by atoms with Crippen molar-refractivity contribution < 1.29 is 13.3 Å². The van der Waals surface area contributed by atoms with E-state index in [1.807, 2.05) is 19.6 Å². The quantitative estimate of drug-likeness (QED) is 0.574. The zero-order valence-electron chi connectivity index (χ0n) is 8.14. The van der Waals surface area contributed by atoms with E-state index < -0.39 is 28.4 Å². The Morgan fingerprint density at radius 1 is 1.38 bits per heavy atom. The maximum absolute atomic E-state index is 10.9.